The number of carbonyl (C=O) groups is 1. The number of carbonyl (C=O) groups excluding carboxylic acids is 1. The van der Waals surface area contributed by atoms with Gasteiger partial charge in [-0.2, -0.15) is 0 Å². The number of rotatable bonds is 6. The maximum atomic E-state index is 12.9. The van der Waals surface area contributed by atoms with Crippen molar-refractivity contribution in [1.82, 2.24) is 14.9 Å². The van der Waals surface area contributed by atoms with Gasteiger partial charge in [0.15, 0.2) is 0 Å². The molecule has 5 heteroatoms. The van der Waals surface area contributed by atoms with Crippen molar-refractivity contribution in [3.63, 3.8) is 0 Å². The first-order chi connectivity index (χ1) is 14.6. The minimum atomic E-state index is -0.185. The Kier molecular flexibility index (Phi) is 5.70. The lowest BCUT2D eigenvalue weighted by atomic mass is 10.0. The topological polar surface area (TPSA) is 66.1 Å². The van der Waals surface area contributed by atoms with Crippen LogP contribution >= 0.6 is 0 Å². The van der Waals surface area contributed by atoms with E-state index < -0.39 is 0 Å². The van der Waals surface area contributed by atoms with Gasteiger partial charge in [-0.3, -0.25) is 9.59 Å². The largest absolute Gasteiger partial charge is 0.335 e. The smallest absolute Gasteiger partial charge is 0.258 e. The molecule has 150 valence electrons. The molecule has 0 fully saturated rings. The van der Waals surface area contributed by atoms with Gasteiger partial charge in [0.25, 0.3) is 5.56 Å². The van der Waals surface area contributed by atoms with Crippen molar-refractivity contribution in [1.29, 1.82) is 0 Å². The summed E-state index contributed by atoms with van der Waals surface area (Å²) in [7, 11) is 0. The van der Waals surface area contributed by atoms with E-state index >= 15 is 0 Å². The van der Waals surface area contributed by atoms with E-state index in [0.29, 0.717) is 29.7 Å². The third kappa shape index (κ3) is 4.30. The molecule has 0 saturated carbocycles. The monoisotopic (exact) mass is 397 g/mol. The molecule has 4 rings (SSSR count). The fraction of sp³-hybridized carbons (Fsp3) is 0.160. The zero-order valence-corrected chi connectivity index (χ0v) is 16.8. The Bertz CT molecular complexity index is 1210. The van der Waals surface area contributed by atoms with Crippen LogP contribution in [0, 0.1) is 0 Å². The number of aromatic nitrogens is 2. The highest BCUT2D eigenvalue weighted by molar-refractivity contribution is 5.79. The van der Waals surface area contributed by atoms with E-state index in [1.165, 1.54) is 0 Å². The van der Waals surface area contributed by atoms with Crippen molar-refractivity contribution in [2.24, 2.45) is 0 Å². The molecule has 0 aliphatic rings. The Morgan fingerprint density at radius 1 is 0.900 bits per heavy atom. The molecule has 0 aliphatic carbocycles. The van der Waals surface area contributed by atoms with Gasteiger partial charge < -0.3 is 9.88 Å². The van der Waals surface area contributed by atoms with Crippen LogP contribution in [0.5, 0.6) is 0 Å². The molecule has 0 bridgehead atoms. The van der Waals surface area contributed by atoms with Crippen LogP contribution in [0.3, 0.4) is 0 Å². The number of para-hydroxylation sites is 1. The number of amides is 1. The van der Waals surface area contributed by atoms with E-state index in [4.69, 9.17) is 0 Å². The Morgan fingerprint density at radius 2 is 1.57 bits per heavy atom. The quantitative estimate of drug-likeness (QED) is 0.531. The molecule has 0 saturated heterocycles. The molecule has 3 aromatic carbocycles. The lowest BCUT2D eigenvalue weighted by Crippen LogP contribution is -2.33. The Hall–Kier alpha value is -3.73. The molecule has 0 aliphatic heterocycles. The van der Waals surface area contributed by atoms with Crippen LogP contribution in [0.25, 0.3) is 22.0 Å². The number of hydrogen-bond acceptors (Lipinski definition) is 3. The van der Waals surface area contributed by atoms with Crippen molar-refractivity contribution < 1.29 is 4.79 Å². The normalized spacial score (nSPS) is 10.8. The summed E-state index contributed by atoms with van der Waals surface area (Å²) in [5.74, 6) is 0.495. The van der Waals surface area contributed by atoms with Gasteiger partial charge in [0.1, 0.15) is 5.82 Å². The predicted molar refractivity (Wildman–Crippen MR) is 119 cm³/mol. The van der Waals surface area contributed by atoms with Gasteiger partial charge in [0, 0.05) is 6.54 Å². The highest BCUT2D eigenvalue weighted by Gasteiger charge is 2.15. The Labute approximate surface area is 175 Å². The second-order valence-corrected chi connectivity index (χ2v) is 7.18. The van der Waals surface area contributed by atoms with Gasteiger partial charge in [-0.15, -0.1) is 0 Å². The molecule has 0 radical (unpaired) electrons. The van der Waals surface area contributed by atoms with Gasteiger partial charge in [-0.1, -0.05) is 66.7 Å². The third-order valence-corrected chi connectivity index (χ3v) is 5.15. The molecule has 4 aromatic rings. The summed E-state index contributed by atoms with van der Waals surface area (Å²) < 4.78 is 0. The molecule has 5 nitrogen and oxygen atoms in total. The maximum absolute atomic E-state index is 12.9. The minimum Gasteiger partial charge on any atom is -0.335 e. The number of H-pyrrole nitrogens is 1. The Morgan fingerprint density at radius 3 is 2.30 bits per heavy atom. The summed E-state index contributed by atoms with van der Waals surface area (Å²) in [6, 6.07) is 25.4. The van der Waals surface area contributed by atoms with Gasteiger partial charge in [-0.25, -0.2) is 4.98 Å². The van der Waals surface area contributed by atoms with Gasteiger partial charge >= 0.3 is 0 Å². The standard InChI is InChI=1S/C25H23N3O2/c1-2-28(17-23-26-22-11-7-6-10-21(22)25(30)27-23)24(29)16-18-12-14-20(15-13-18)19-8-4-3-5-9-19/h3-15H,2,16-17H2,1H3,(H,26,27,30). The number of hydrogen-bond donors (Lipinski definition) is 1. The number of aromatic amines is 1. The van der Waals surface area contributed by atoms with E-state index in [9.17, 15) is 9.59 Å². The van der Waals surface area contributed by atoms with Crippen molar-refractivity contribution >= 4 is 16.8 Å². The highest BCUT2D eigenvalue weighted by Crippen LogP contribution is 2.19. The summed E-state index contributed by atoms with van der Waals surface area (Å²) >= 11 is 0. The van der Waals surface area contributed by atoms with E-state index in [1.807, 2.05) is 61.5 Å². The van der Waals surface area contributed by atoms with Crippen molar-refractivity contribution in [2.75, 3.05) is 6.54 Å². The summed E-state index contributed by atoms with van der Waals surface area (Å²) in [6.45, 7) is 2.74. The maximum Gasteiger partial charge on any atom is 0.258 e. The number of benzene rings is 3. The number of likely N-dealkylation sites (N-methyl/N-ethyl adjacent to an activating group) is 1. The van der Waals surface area contributed by atoms with Gasteiger partial charge in [0.2, 0.25) is 5.91 Å². The van der Waals surface area contributed by atoms with Gasteiger partial charge in [-0.05, 0) is 35.7 Å². The number of nitrogens with zero attached hydrogens (tertiary/aromatic N) is 2. The molecule has 1 aromatic heterocycles. The lowest BCUT2D eigenvalue weighted by Gasteiger charge is -2.20. The predicted octanol–water partition coefficient (Wildman–Crippen LogP) is 4.18. The van der Waals surface area contributed by atoms with Crippen LogP contribution in [-0.2, 0) is 17.8 Å². The first-order valence-corrected chi connectivity index (χ1v) is 10.0. The average Bonchev–Trinajstić information content (AvgIpc) is 2.78. The first-order valence-electron chi connectivity index (χ1n) is 10.0. The van der Waals surface area contributed by atoms with Crippen LogP contribution in [-0.4, -0.2) is 27.3 Å². The molecular weight excluding hydrogens is 374 g/mol. The summed E-state index contributed by atoms with van der Waals surface area (Å²) in [4.78, 5) is 34.2. The molecule has 1 heterocycles. The van der Waals surface area contributed by atoms with E-state index in [-0.39, 0.29) is 18.0 Å². The van der Waals surface area contributed by atoms with E-state index in [2.05, 4.69) is 22.1 Å². The average molecular weight is 397 g/mol. The highest BCUT2D eigenvalue weighted by atomic mass is 16.2. The first kappa shape index (κ1) is 19.6. The molecule has 0 spiro atoms. The molecule has 1 N–H and O–H groups in total. The summed E-state index contributed by atoms with van der Waals surface area (Å²) in [5.41, 5.74) is 3.68. The SMILES string of the molecule is CCN(Cc1nc2ccccc2c(=O)[nH]1)C(=O)Cc1ccc(-c2ccccc2)cc1. The van der Waals surface area contributed by atoms with Crippen LogP contribution in [0.15, 0.2) is 83.7 Å². The van der Waals surface area contributed by atoms with Crippen LogP contribution < -0.4 is 5.56 Å². The summed E-state index contributed by atoms with van der Waals surface area (Å²) in [5, 5.41) is 0.550. The zero-order chi connectivity index (χ0) is 20.9. The van der Waals surface area contributed by atoms with Crippen molar-refractivity contribution in [3.8, 4) is 11.1 Å². The van der Waals surface area contributed by atoms with Crippen molar-refractivity contribution in [2.45, 2.75) is 19.9 Å². The van der Waals surface area contributed by atoms with Gasteiger partial charge in [0.05, 0.1) is 23.9 Å². The third-order valence-electron chi connectivity index (χ3n) is 5.15. The van der Waals surface area contributed by atoms with E-state index in [1.54, 1.807) is 17.0 Å². The molecular formula is C25H23N3O2. The minimum absolute atomic E-state index is 0.000712. The second-order valence-electron chi connectivity index (χ2n) is 7.18. The Balaban J connectivity index is 1.47. The summed E-state index contributed by atoms with van der Waals surface area (Å²) in [6.07, 6.45) is 0.306. The fourth-order valence-corrected chi connectivity index (χ4v) is 3.50. The zero-order valence-electron chi connectivity index (χ0n) is 16.8. The lowest BCUT2D eigenvalue weighted by molar-refractivity contribution is -0.131. The molecule has 0 atom stereocenters. The number of nitrogens with one attached hydrogen (secondary N) is 1. The van der Waals surface area contributed by atoms with Crippen LogP contribution in [0.4, 0.5) is 0 Å². The number of fused-ring (bicyclic) bond motifs is 1. The molecule has 1 amide bonds. The van der Waals surface area contributed by atoms with Crippen molar-refractivity contribution in [3.05, 3.63) is 101 Å². The molecule has 0 unspecified atom stereocenters. The van der Waals surface area contributed by atoms with E-state index in [0.717, 1.165) is 16.7 Å². The van der Waals surface area contributed by atoms with Crippen LogP contribution in [0.2, 0.25) is 0 Å². The molecule has 30 heavy (non-hydrogen) atoms. The van der Waals surface area contributed by atoms with Crippen LogP contribution in [0.1, 0.15) is 18.3 Å². The fourth-order valence-electron chi connectivity index (χ4n) is 3.50. The second kappa shape index (κ2) is 8.74.